The van der Waals surface area contributed by atoms with E-state index in [-0.39, 0.29) is 11.7 Å². The van der Waals surface area contributed by atoms with E-state index in [1.807, 2.05) is 47.3 Å². The molecule has 0 unspecified atom stereocenters. The Morgan fingerprint density at radius 1 is 1.25 bits per heavy atom. The van der Waals surface area contributed by atoms with Crippen molar-refractivity contribution in [3.63, 3.8) is 0 Å². The molecule has 0 saturated heterocycles. The molecule has 5 heteroatoms. The van der Waals surface area contributed by atoms with Crippen molar-refractivity contribution in [3.05, 3.63) is 65.0 Å². The summed E-state index contributed by atoms with van der Waals surface area (Å²) in [5.41, 5.74) is 10.8. The van der Waals surface area contributed by atoms with Gasteiger partial charge in [0.2, 0.25) is 0 Å². The van der Waals surface area contributed by atoms with Crippen LogP contribution in [-0.4, -0.2) is 15.6 Å². The van der Waals surface area contributed by atoms with Gasteiger partial charge >= 0.3 is 0 Å². The fourth-order valence-electron chi connectivity index (χ4n) is 2.71. The number of rotatable bonds is 5. The van der Waals surface area contributed by atoms with E-state index in [2.05, 4.69) is 11.7 Å². The second kappa shape index (κ2) is 5.76. The molecular weight excluding hydrogens is 318 g/mol. The Labute approximate surface area is 144 Å². The van der Waals surface area contributed by atoms with E-state index in [0.29, 0.717) is 5.70 Å². The molecule has 2 N–H and O–H groups in total. The van der Waals surface area contributed by atoms with Crippen LogP contribution < -0.4 is 5.73 Å². The fraction of sp³-hybridized carbons (Fsp3) is 0.158. The van der Waals surface area contributed by atoms with E-state index in [4.69, 9.17) is 5.73 Å². The van der Waals surface area contributed by atoms with Crippen LogP contribution in [0.15, 0.2) is 53.9 Å². The van der Waals surface area contributed by atoms with Crippen molar-refractivity contribution in [3.8, 4) is 16.9 Å². The summed E-state index contributed by atoms with van der Waals surface area (Å²) in [6.07, 6.45) is 3.92. The summed E-state index contributed by atoms with van der Waals surface area (Å²) in [5, 5.41) is 8.71. The van der Waals surface area contributed by atoms with Gasteiger partial charge in [-0.1, -0.05) is 6.58 Å². The lowest BCUT2D eigenvalue weighted by Gasteiger charge is -2.03. The van der Waals surface area contributed by atoms with Crippen LogP contribution >= 0.6 is 11.3 Å². The Balaban J connectivity index is 1.70. The second-order valence-electron chi connectivity index (χ2n) is 6.06. The SMILES string of the molecule is C=C(N)c1cn(-c2ccc(C(=O)C3CC3)cc2)nc1-c1ccsc1. The van der Waals surface area contributed by atoms with Crippen LogP contribution in [-0.2, 0) is 0 Å². The van der Waals surface area contributed by atoms with Crippen molar-refractivity contribution in [2.24, 2.45) is 11.7 Å². The van der Waals surface area contributed by atoms with E-state index in [1.165, 1.54) is 0 Å². The van der Waals surface area contributed by atoms with Crippen molar-refractivity contribution in [1.29, 1.82) is 0 Å². The summed E-state index contributed by atoms with van der Waals surface area (Å²) in [5.74, 6) is 0.481. The standard InChI is InChI=1S/C19H17N3OS/c1-12(20)17-10-22(21-18(17)15-8-9-24-11-15)16-6-4-14(5-7-16)19(23)13-2-3-13/h4-11,13H,1-3,20H2. The molecular formula is C19H17N3OS. The van der Waals surface area contributed by atoms with Crippen LogP contribution in [0.25, 0.3) is 22.6 Å². The smallest absolute Gasteiger partial charge is 0.165 e. The van der Waals surface area contributed by atoms with E-state index < -0.39 is 0 Å². The summed E-state index contributed by atoms with van der Waals surface area (Å²) in [6.45, 7) is 3.85. The highest BCUT2D eigenvalue weighted by Crippen LogP contribution is 2.33. The molecule has 0 radical (unpaired) electrons. The summed E-state index contributed by atoms with van der Waals surface area (Å²) in [4.78, 5) is 12.1. The molecule has 1 aromatic carbocycles. The molecule has 0 spiro atoms. The predicted octanol–water partition coefficient (Wildman–Crippen LogP) is 4.12. The highest BCUT2D eigenvalue weighted by atomic mass is 32.1. The minimum absolute atomic E-state index is 0.234. The van der Waals surface area contributed by atoms with Crippen LogP contribution in [0.1, 0.15) is 28.8 Å². The minimum Gasteiger partial charge on any atom is -0.399 e. The quantitative estimate of drug-likeness (QED) is 0.713. The summed E-state index contributed by atoms with van der Waals surface area (Å²) in [6, 6.07) is 9.60. The van der Waals surface area contributed by atoms with Crippen LogP contribution in [0.4, 0.5) is 0 Å². The largest absolute Gasteiger partial charge is 0.399 e. The summed E-state index contributed by atoms with van der Waals surface area (Å²) in [7, 11) is 0. The highest BCUT2D eigenvalue weighted by molar-refractivity contribution is 7.08. The van der Waals surface area contributed by atoms with Crippen LogP contribution in [0.2, 0.25) is 0 Å². The average Bonchev–Trinajstić information content (AvgIpc) is 3.11. The third-order valence-corrected chi connectivity index (χ3v) is 4.90. The van der Waals surface area contributed by atoms with Gasteiger partial charge in [0.25, 0.3) is 0 Å². The third-order valence-electron chi connectivity index (χ3n) is 4.22. The lowest BCUT2D eigenvalue weighted by atomic mass is 10.1. The third kappa shape index (κ3) is 2.67. The van der Waals surface area contributed by atoms with Gasteiger partial charge in [0.1, 0.15) is 5.69 Å². The molecule has 1 aliphatic carbocycles. The van der Waals surface area contributed by atoms with E-state index >= 15 is 0 Å². The number of ketones is 1. The maximum absolute atomic E-state index is 12.1. The number of Topliss-reactive ketones (excluding diaryl/α,β-unsaturated/α-hetero) is 1. The van der Waals surface area contributed by atoms with Crippen molar-refractivity contribution in [2.75, 3.05) is 0 Å². The number of thiophene rings is 1. The van der Waals surface area contributed by atoms with Crippen molar-refractivity contribution >= 4 is 22.8 Å². The summed E-state index contributed by atoms with van der Waals surface area (Å²) < 4.78 is 1.78. The molecule has 2 aromatic heterocycles. The van der Waals surface area contributed by atoms with Gasteiger partial charge in [0.05, 0.1) is 5.69 Å². The van der Waals surface area contributed by atoms with Crippen molar-refractivity contribution < 1.29 is 4.79 Å². The predicted molar refractivity (Wildman–Crippen MR) is 97.2 cm³/mol. The maximum atomic E-state index is 12.1. The molecule has 1 aliphatic rings. The molecule has 4 nitrogen and oxygen atoms in total. The number of nitrogens with two attached hydrogens (primary N) is 1. The molecule has 0 aliphatic heterocycles. The van der Waals surface area contributed by atoms with Gasteiger partial charge in [-0.15, -0.1) is 0 Å². The Morgan fingerprint density at radius 2 is 2.00 bits per heavy atom. The Bertz CT molecular complexity index is 903. The van der Waals surface area contributed by atoms with E-state index in [0.717, 1.165) is 40.9 Å². The van der Waals surface area contributed by atoms with Crippen LogP contribution in [0.5, 0.6) is 0 Å². The zero-order valence-electron chi connectivity index (χ0n) is 13.1. The highest BCUT2D eigenvalue weighted by Gasteiger charge is 2.30. The Kier molecular flexibility index (Phi) is 3.58. The molecule has 120 valence electrons. The van der Waals surface area contributed by atoms with Gasteiger partial charge in [0.15, 0.2) is 5.78 Å². The summed E-state index contributed by atoms with van der Waals surface area (Å²) >= 11 is 1.62. The van der Waals surface area contributed by atoms with E-state index in [1.54, 1.807) is 16.0 Å². The fourth-order valence-corrected chi connectivity index (χ4v) is 3.35. The zero-order chi connectivity index (χ0) is 16.7. The molecule has 0 amide bonds. The Morgan fingerprint density at radius 3 is 2.58 bits per heavy atom. The normalized spacial score (nSPS) is 13.8. The monoisotopic (exact) mass is 335 g/mol. The lowest BCUT2D eigenvalue weighted by molar-refractivity contribution is 0.0967. The average molecular weight is 335 g/mol. The van der Waals surface area contributed by atoms with Gasteiger partial charge in [-0.2, -0.15) is 16.4 Å². The number of hydrogen-bond acceptors (Lipinski definition) is 4. The molecule has 24 heavy (non-hydrogen) atoms. The number of benzene rings is 1. The molecule has 1 saturated carbocycles. The zero-order valence-corrected chi connectivity index (χ0v) is 13.9. The lowest BCUT2D eigenvalue weighted by Crippen LogP contribution is -2.02. The molecule has 4 rings (SSSR count). The van der Waals surface area contributed by atoms with Gasteiger partial charge in [-0.05, 0) is 48.6 Å². The first kappa shape index (κ1) is 14.9. The first-order valence-corrected chi connectivity index (χ1v) is 8.79. The van der Waals surface area contributed by atoms with Crippen molar-refractivity contribution in [2.45, 2.75) is 12.8 Å². The van der Waals surface area contributed by atoms with Crippen molar-refractivity contribution in [1.82, 2.24) is 9.78 Å². The van der Waals surface area contributed by atoms with Gasteiger partial charge < -0.3 is 5.73 Å². The topological polar surface area (TPSA) is 60.9 Å². The molecule has 0 bridgehead atoms. The molecule has 1 fully saturated rings. The van der Waals surface area contributed by atoms with E-state index in [9.17, 15) is 4.79 Å². The molecule has 0 atom stereocenters. The van der Waals surface area contributed by atoms with Gasteiger partial charge in [-0.3, -0.25) is 4.79 Å². The van der Waals surface area contributed by atoms with Crippen LogP contribution in [0.3, 0.4) is 0 Å². The first-order chi connectivity index (χ1) is 11.6. The number of carbonyl (C=O) groups is 1. The minimum atomic E-state index is 0.234. The van der Waals surface area contributed by atoms with Gasteiger partial charge in [-0.25, -0.2) is 4.68 Å². The second-order valence-corrected chi connectivity index (χ2v) is 6.84. The number of carbonyl (C=O) groups excluding carboxylic acids is 1. The Hall–Kier alpha value is -2.66. The number of nitrogens with zero attached hydrogens (tertiary/aromatic N) is 2. The molecule has 2 heterocycles. The molecule has 3 aromatic rings. The van der Waals surface area contributed by atoms with Crippen LogP contribution in [0, 0.1) is 5.92 Å². The number of aromatic nitrogens is 2. The number of hydrogen-bond donors (Lipinski definition) is 1. The first-order valence-electron chi connectivity index (χ1n) is 7.85. The maximum Gasteiger partial charge on any atom is 0.165 e. The van der Waals surface area contributed by atoms with Gasteiger partial charge in [0, 0.05) is 39.9 Å².